The van der Waals surface area contributed by atoms with Crippen LogP contribution >= 0.6 is 11.9 Å². The standard InChI is InChI=1S/C15H23N5O2S/c16-3-1-2-4-21-5-6-22-14-8-11(15(9-17)23-18)7-13-12(14)10-19-20-13/h7-10H,1-6,16-18H2,(H,19,20)/b15-9-. The molecule has 0 saturated carbocycles. The zero-order valence-corrected chi connectivity index (χ0v) is 13.8. The molecule has 1 aromatic carbocycles. The summed E-state index contributed by atoms with van der Waals surface area (Å²) in [5.41, 5.74) is 12.8. The molecule has 0 aliphatic rings. The maximum absolute atomic E-state index is 5.84. The molecule has 0 saturated heterocycles. The van der Waals surface area contributed by atoms with E-state index < -0.39 is 0 Å². The van der Waals surface area contributed by atoms with Crippen molar-refractivity contribution in [2.24, 2.45) is 16.6 Å². The molecule has 7 N–H and O–H groups in total. The van der Waals surface area contributed by atoms with Crippen LogP contribution in [0.1, 0.15) is 18.4 Å². The lowest BCUT2D eigenvalue weighted by Gasteiger charge is -2.11. The monoisotopic (exact) mass is 337 g/mol. The van der Waals surface area contributed by atoms with Crippen molar-refractivity contribution in [3.8, 4) is 5.75 Å². The minimum Gasteiger partial charge on any atom is -0.490 e. The van der Waals surface area contributed by atoms with Gasteiger partial charge in [0.1, 0.15) is 12.4 Å². The number of H-pyrrole nitrogens is 1. The molecule has 1 aromatic heterocycles. The second-order valence-electron chi connectivity index (χ2n) is 4.91. The molecule has 0 atom stereocenters. The maximum Gasteiger partial charge on any atom is 0.131 e. The molecule has 0 unspecified atom stereocenters. The van der Waals surface area contributed by atoms with Gasteiger partial charge in [0.25, 0.3) is 0 Å². The van der Waals surface area contributed by atoms with E-state index in [0.29, 0.717) is 26.4 Å². The Kier molecular flexibility index (Phi) is 7.21. The van der Waals surface area contributed by atoms with Crippen molar-refractivity contribution >= 4 is 27.8 Å². The van der Waals surface area contributed by atoms with Crippen LogP contribution in [0.4, 0.5) is 0 Å². The second kappa shape index (κ2) is 9.41. The molecule has 23 heavy (non-hydrogen) atoms. The summed E-state index contributed by atoms with van der Waals surface area (Å²) in [5.74, 6) is 0.727. The van der Waals surface area contributed by atoms with Crippen molar-refractivity contribution < 1.29 is 9.47 Å². The Morgan fingerprint density at radius 2 is 2.13 bits per heavy atom. The third-order valence-electron chi connectivity index (χ3n) is 3.31. The molecule has 2 aromatic rings. The minimum absolute atomic E-state index is 0.462. The molecule has 7 nitrogen and oxygen atoms in total. The van der Waals surface area contributed by atoms with E-state index >= 15 is 0 Å². The van der Waals surface area contributed by atoms with E-state index in [2.05, 4.69) is 10.2 Å². The molecule has 126 valence electrons. The molecular weight excluding hydrogens is 314 g/mol. The summed E-state index contributed by atoms with van der Waals surface area (Å²) in [7, 11) is 0. The highest BCUT2D eigenvalue weighted by atomic mass is 32.2. The average Bonchev–Trinajstić information content (AvgIpc) is 3.04. The van der Waals surface area contributed by atoms with Crippen LogP contribution in [0.15, 0.2) is 24.5 Å². The first kappa shape index (κ1) is 17.6. The predicted octanol–water partition coefficient (Wildman–Crippen LogP) is 1.56. The average molecular weight is 337 g/mol. The van der Waals surface area contributed by atoms with E-state index in [1.807, 2.05) is 12.1 Å². The van der Waals surface area contributed by atoms with E-state index in [1.54, 1.807) is 6.20 Å². The number of nitrogens with two attached hydrogens (primary N) is 3. The highest BCUT2D eigenvalue weighted by molar-refractivity contribution is 8.06. The van der Waals surface area contributed by atoms with Gasteiger partial charge in [0, 0.05) is 17.7 Å². The van der Waals surface area contributed by atoms with Gasteiger partial charge in [-0.3, -0.25) is 10.2 Å². The van der Waals surface area contributed by atoms with Gasteiger partial charge in [0.15, 0.2) is 0 Å². The molecule has 0 spiro atoms. The summed E-state index contributed by atoms with van der Waals surface area (Å²) in [4.78, 5) is 0.768. The lowest BCUT2D eigenvalue weighted by Crippen LogP contribution is -2.09. The number of benzene rings is 1. The number of nitrogens with one attached hydrogen (secondary N) is 1. The van der Waals surface area contributed by atoms with E-state index in [9.17, 15) is 0 Å². The van der Waals surface area contributed by atoms with Crippen LogP contribution in [0.3, 0.4) is 0 Å². The summed E-state index contributed by atoms with van der Waals surface area (Å²) < 4.78 is 11.3. The first-order valence-corrected chi connectivity index (χ1v) is 8.35. The number of hydrogen-bond acceptors (Lipinski definition) is 7. The van der Waals surface area contributed by atoms with Gasteiger partial charge < -0.3 is 20.9 Å². The Morgan fingerprint density at radius 1 is 1.26 bits per heavy atom. The predicted molar refractivity (Wildman–Crippen MR) is 94.6 cm³/mol. The highest BCUT2D eigenvalue weighted by Crippen LogP contribution is 2.31. The van der Waals surface area contributed by atoms with Gasteiger partial charge in [-0.1, -0.05) is 0 Å². The number of ether oxygens (including phenoxy) is 2. The van der Waals surface area contributed by atoms with Crippen molar-refractivity contribution in [3.63, 3.8) is 0 Å². The molecule has 1 heterocycles. The number of aromatic amines is 1. The van der Waals surface area contributed by atoms with Gasteiger partial charge in [0.2, 0.25) is 0 Å². The van der Waals surface area contributed by atoms with Crippen LogP contribution in [0, 0.1) is 0 Å². The smallest absolute Gasteiger partial charge is 0.131 e. The molecule has 0 fully saturated rings. The first-order valence-electron chi connectivity index (χ1n) is 7.47. The largest absolute Gasteiger partial charge is 0.490 e. The molecule has 0 radical (unpaired) electrons. The Bertz CT molecular complexity index is 644. The van der Waals surface area contributed by atoms with Gasteiger partial charge in [-0.2, -0.15) is 5.10 Å². The Morgan fingerprint density at radius 3 is 2.87 bits per heavy atom. The Balaban J connectivity index is 2.00. The quantitative estimate of drug-likeness (QED) is 0.383. The molecule has 0 aliphatic carbocycles. The number of nitrogens with zero attached hydrogens (tertiary/aromatic N) is 1. The summed E-state index contributed by atoms with van der Waals surface area (Å²) in [6, 6.07) is 3.85. The van der Waals surface area contributed by atoms with E-state index in [1.165, 1.54) is 6.20 Å². The van der Waals surface area contributed by atoms with Crippen LogP contribution < -0.4 is 21.3 Å². The Labute approximate surface area is 139 Å². The van der Waals surface area contributed by atoms with Gasteiger partial charge in [-0.15, -0.1) is 0 Å². The van der Waals surface area contributed by atoms with Crippen LogP contribution in [0.25, 0.3) is 15.8 Å². The molecule has 2 rings (SSSR count). The maximum atomic E-state index is 5.84. The van der Waals surface area contributed by atoms with Crippen LogP contribution in [0.2, 0.25) is 0 Å². The van der Waals surface area contributed by atoms with Crippen molar-refractivity contribution in [1.82, 2.24) is 10.2 Å². The number of fused-ring (bicyclic) bond motifs is 1. The van der Waals surface area contributed by atoms with Crippen molar-refractivity contribution in [1.29, 1.82) is 0 Å². The lowest BCUT2D eigenvalue weighted by molar-refractivity contribution is 0.0982. The Hall–Kier alpha value is -1.74. The fraction of sp³-hybridized carbons (Fsp3) is 0.400. The number of hydrogen-bond donors (Lipinski definition) is 4. The summed E-state index contributed by atoms with van der Waals surface area (Å²) >= 11 is 1.09. The van der Waals surface area contributed by atoms with E-state index in [-0.39, 0.29) is 0 Å². The lowest BCUT2D eigenvalue weighted by atomic mass is 10.1. The third-order valence-corrected chi connectivity index (χ3v) is 3.94. The van der Waals surface area contributed by atoms with Crippen LogP contribution in [-0.2, 0) is 4.74 Å². The first-order chi connectivity index (χ1) is 11.3. The van der Waals surface area contributed by atoms with E-state index in [4.69, 9.17) is 26.1 Å². The molecule has 8 heteroatoms. The van der Waals surface area contributed by atoms with Crippen molar-refractivity contribution in [2.75, 3.05) is 26.4 Å². The normalized spacial score (nSPS) is 12.0. The molecule has 0 bridgehead atoms. The van der Waals surface area contributed by atoms with Gasteiger partial charge >= 0.3 is 0 Å². The van der Waals surface area contributed by atoms with Crippen LogP contribution in [-0.4, -0.2) is 36.6 Å². The van der Waals surface area contributed by atoms with Gasteiger partial charge in [-0.25, -0.2) is 0 Å². The minimum atomic E-state index is 0.462. The zero-order chi connectivity index (χ0) is 16.5. The molecule has 0 aliphatic heterocycles. The zero-order valence-electron chi connectivity index (χ0n) is 13.0. The van der Waals surface area contributed by atoms with Gasteiger partial charge in [-0.05, 0) is 49.0 Å². The SMILES string of the molecule is N/C=C(\SN)c1cc(OCCOCCCCN)c2cn[nH]c2c1. The fourth-order valence-electron chi connectivity index (χ4n) is 2.14. The summed E-state index contributed by atoms with van der Waals surface area (Å²) in [5, 5.41) is 13.5. The fourth-order valence-corrected chi connectivity index (χ4v) is 2.48. The third kappa shape index (κ3) is 4.87. The number of rotatable bonds is 10. The molecule has 0 amide bonds. The number of aromatic nitrogens is 2. The molecular formula is C15H23N5O2S. The van der Waals surface area contributed by atoms with Crippen molar-refractivity contribution in [3.05, 3.63) is 30.1 Å². The topological polar surface area (TPSA) is 125 Å². The number of unbranched alkanes of at least 4 members (excludes halogenated alkanes) is 1. The highest BCUT2D eigenvalue weighted by Gasteiger charge is 2.10. The summed E-state index contributed by atoms with van der Waals surface area (Å²) in [6.07, 6.45) is 5.16. The summed E-state index contributed by atoms with van der Waals surface area (Å²) in [6.45, 7) is 2.38. The second-order valence-corrected chi connectivity index (χ2v) is 5.59. The van der Waals surface area contributed by atoms with Crippen molar-refractivity contribution in [2.45, 2.75) is 12.8 Å². The van der Waals surface area contributed by atoms with E-state index in [0.717, 1.165) is 51.9 Å². The van der Waals surface area contributed by atoms with Crippen LogP contribution in [0.5, 0.6) is 5.75 Å². The van der Waals surface area contributed by atoms with Gasteiger partial charge in [0.05, 0.1) is 23.7 Å².